The molecule has 3 rings (SSSR count). The Balaban J connectivity index is 0. The Morgan fingerprint density at radius 3 is 1.25 bits per heavy atom. The molecule has 17 nitrogen and oxygen atoms in total. The SMILES string of the molecule is CC(C)C[C@@H](N)C(=O)O.CC(C)[C@@H](N)C(=O)O.C[C@@H](NC(=O)Cc1cccnc1)C(=O)O.N[C@H](Cc1ccccc1)C(=O)O.N[C@H](Cc1ccccc1)C(=O)O. The standard InChI is InChI=1S/C10H12N2O3.2C9H11NO2.C6H13NO2.C5H11NO2/c1-7(10(14)15)12-9(13)5-8-3-2-4-11-6-8;2*10-8(9(11)12)6-7-4-2-1-3-5-7;1-4(2)3-5(7)6(8)9;1-3(2)4(6)5(7)8/h2-4,6-7H,5H2,1H3,(H,12,13)(H,14,15);2*1-5,8H,6,10H2,(H,11,12);4-5H,3,7H2,1-2H3,(H,8,9);3-4H,6H2,1-2H3,(H,7,8)/t7-;2*8-;5-;4-/m11111/s1. The minimum atomic E-state index is -1.05. The molecule has 17 heteroatoms. The summed E-state index contributed by atoms with van der Waals surface area (Å²) in [5, 5.41) is 44.5. The smallest absolute Gasteiger partial charge is 0.325 e. The molecule has 0 radical (unpaired) electrons. The van der Waals surface area contributed by atoms with Gasteiger partial charge in [0.15, 0.2) is 0 Å². The molecule has 1 heterocycles. The van der Waals surface area contributed by atoms with Gasteiger partial charge in [-0.1, -0.05) is 94.4 Å². The number of hydrogen-bond acceptors (Lipinski definition) is 11. The number of carboxylic acid groups (broad SMARTS) is 5. The quantitative estimate of drug-likeness (QED) is 0.105. The molecule has 0 spiro atoms. The summed E-state index contributed by atoms with van der Waals surface area (Å²) in [6.45, 7) is 8.87. The largest absolute Gasteiger partial charge is 0.480 e. The lowest BCUT2D eigenvalue weighted by Crippen LogP contribution is -2.39. The van der Waals surface area contributed by atoms with Crippen LogP contribution in [0.3, 0.4) is 0 Å². The Hall–Kier alpha value is -5.75. The van der Waals surface area contributed by atoms with Crippen LogP contribution in [-0.4, -0.2) is 96.5 Å². The van der Waals surface area contributed by atoms with Gasteiger partial charge in [-0.3, -0.25) is 33.8 Å². The first-order valence-corrected chi connectivity index (χ1v) is 17.5. The summed E-state index contributed by atoms with van der Waals surface area (Å²) in [5.41, 5.74) is 23.7. The molecule has 0 aliphatic carbocycles. The first kappa shape index (κ1) is 52.4. The number of nitrogens with two attached hydrogens (primary N) is 4. The van der Waals surface area contributed by atoms with E-state index in [-0.39, 0.29) is 18.2 Å². The number of hydrogen-bond donors (Lipinski definition) is 10. The molecular weight excluding hydrogens is 728 g/mol. The number of pyridine rings is 1. The molecule has 0 aliphatic rings. The van der Waals surface area contributed by atoms with E-state index in [9.17, 15) is 28.8 Å². The number of carboxylic acids is 5. The zero-order valence-electron chi connectivity index (χ0n) is 32.4. The summed E-state index contributed by atoms with van der Waals surface area (Å²) < 4.78 is 0. The number of carbonyl (C=O) groups excluding carboxylic acids is 1. The lowest BCUT2D eigenvalue weighted by atomic mass is 10.1. The zero-order valence-corrected chi connectivity index (χ0v) is 32.4. The van der Waals surface area contributed by atoms with Crippen molar-refractivity contribution in [2.75, 3.05) is 0 Å². The number of benzene rings is 2. The van der Waals surface area contributed by atoms with Crippen LogP contribution >= 0.6 is 0 Å². The van der Waals surface area contributed by atoms with Crippen LogP contribution in [0.4, 0.5) is 0 Å². The molecule has 310 valence electrons. The van der Waals surface area contributed by atoms with Crippen LogP contribution in [0.2, 0.25) is 0 Å². The van der Waals surface area contributed by atoms with E-state index >= 15 is 0 Å². The maximum Gasteiger partial charge on any atom is 0.325 e. The molecular formula is C39H58N6O11. The Morgan fingerprint density at radius 2 is 0.982 bits per heavy atom. The van der Waals surface area contributed by atoms with Crippen LogP contribution < -0.4 is 28.3 Å². The molecule has 0 bridgehead atoms. The lowest BCUT2D eigenvalue weighted by Gasteiger charge is -2.08. The monoisotopic (exact) mass is 786 g/mol. The van der Waals surface area contributed by atoms with Crippen molar-refractivity contribution in [2.45, 2.75) is 90.5 Å². The number of amides is 1. The summed E-state index contributed by atoms with van der Waals surface area (Å²) in [6, 6.07) is 18.3. The van der Waals surface area contributed by atoms with Gasteiger partial charge in [0.25, 0.3) is 0 Å². The lowest BCUT2D eigenvalue weighted by molar-refractivity contribution is -0.141. The molecule has 0 aliphatic heterocycles. The molecule has 0 unspecified atom stereocenters. The van der Waals surface area contributed by atoms with Crippen molar-refractivity contribution in [1.29, 1.82) is 0 Å². The van der Waals surface area contributed by atoms with E-state index in [2.05, 4.69) is 10.3 Å². The summed E-state index contributed by atoms with van der Waals surface area (Å²) in [4.78, 5) is 66.5. The second kappa shape index (κ2) is 29.6. The van der Waals surface area contributed by atoms with Crippen molar-refractivity contribution in [3.8, 4) is 0 Å². The number of nitrogens with zero attached hydrogens (tertiary/aromatic N) is 1. The van der Waals surface area contributed by atoms with E-state index in [1.165, 1.54) is 6.92 Å². The normalized spacial score (nSPS) is 12.7. The van der Waals surface area contributed by atoms with Gasteiger partial charge in [0, 0.05) is 12.4 Å². The van der Waals surface area contributed by atoms with Gasteiger partial charge in [-0.05, 0) is 60.8 Å². The summed E-state index contributed by atoms with van der Waals surface area (Å²) >= 11 is 0. The highest BCUT2D eigenvalue weighted by Crippen LogP contribution is 2.03. The van der Waals surface area contributed by atoms with Crippen LogP contribution in [0.25, 0.3) is 0 Å². The molecule has 14 N–H and O–H groups in total. The average molecular weight is 787 g/mol. The zero-order chi connectivity index (χ0) is 43.4. The minimum Gasteiger partial charge on any atom is -0.480 e. The number of aliphatic carboxylic acids is 5. The second-order valence-corrected chi connectivity index (χ2v) is 13.1. The van der Waals surface area contributed by atoms with Gasteiger partial charge in [0.2, 0.25) is 5.91 Å². The third-order valence-corrected chi connectivity index (χ3v) is 7.11. The predicted octanol–water partition coefficient (Wildman–Crippen LogP) is 1.99. The minimum absolute atomic E-state index is 0.0208. The van der Waals surface area contributed by atoms with E-state index in [0.29, 0.717) is 25.2 Å². The fraction of sp³-hybridized carbons (Fsp3) is 0.410. The van der Waals surface area contributed by atoms with Crippen LogP contribution in [0.15, 0.2) is 85.2 Å². The fourth-order valence-electron chi connectivity index (χ4n) is 3.85. The van der Waals surface area contributed by atoms with Gasteiger partial charge in [-0.15, -0.1) is 0 Å². The average Bonchev–Trinajstić information content (AvgIpc) is 3.13. The number of carbonyl (C=O) groups is 6. The number of aromatic nitrogens is 1. The molecule has 5 atom stereocenters. The van der Waals surface area contributed by atoms with Crippen molar-refractivity contribution in [1.82, 2.24) is 10.3 Å². The number of nitrogens with one attached hydrogen (secondary N) is 1. The van der Waals surface area contributed by atoms with Gasteiger partial charge in [-0.2, -0.15) is 0 Å². The van der Waals surface area contributed by atoms with Crippen molar-refractivity contribution in [3.63, 3.8) is 0 Å². The third kappa shape index (κ3) is 27.8. The maximum absolute atomic E-state index is 11.3. The van der Waals surface area contributed by atoms with Gasteiger partial charge in [-0.25, -0.2) is 0 Å². The highest BCUT2D eigenvalue weighted by atomic mass is 16.4. The van der Waals surface area contributed by atoms with Crippen LogP contribution in [0, 0.1) is 11.8 Å². The van der Waals surface area contributed by atoms with Crippen LogP contribution in [0.5, 0.6) is 0 Å². The van der Waals surface area contributed by atoms with E-state index in [0.717, 1.165) is 16.7 Å². The van der Waals surface area contributed by atoms with E-state index in [1.807, 2.05) is 74.5 Å². The third-order valence-electron chi connectivity index (χ3n) is 7.11. The Labute approximate surface area is 327 Å². The molecule has 0 saturated heterocycles. The first-order valence-electron chi connectivity index (χ1n) is 17.5. The van der Waals surface area contributed by atoms with Crippen molar-refractivity contribution >= 4 is 35.8 Å². The van der Waals surface area contributed by atoms with E-state index in [4.69, 9.17) is 48.5 Å². The van der Waals surface area contributed by atoms with Crippen molar-refractivity contribution in [3.05, 3.63) is 102 Å². The summed E-state index contributed by atoms with van der Waals surface area (Å²) in [7, 11) is 0. The highest BCUT2D eigenvalue weighted by Gasteiger charge is 2.16. The molecule has 0 fully saturated rings. The van der Waals surface area contributed by atoms with Crippen LogP contribution in [0.1, 0.15) is 57.7 Å². The van der Waals surface area contributed by atoms with Gasteiger partial charge in [0.05, 0.1) is 6.42 Å². The Bertz CT molecular complexity index is 1520. The number of rotatable bonds is 15. The summed E-state index contributed by atoms with van der Waals surface area (Å²) in [6.07, 6.45) is 4.65. The second-order valence-electron chi connectivity index (χ2n) is 13.1. The Morgan fingerprint density at radius 1 is 0.571 bits per heavy atom. The van der Waals surface area contributed by atoms with Gasteiger partial charge < -0.3 is 53.8 Å². The first-order chi connectivity index (χ1) is 26.1. The predicted molar refractivity (Wildman–Crippen MR) is 210 cm³/mol. The molecule has 3 aromatic rings. The van der Waals surface area contributed by atoms with E-state index in [1.54, 1.807) is 38.4 Å². The maximum atomic E-state index is 11.3. The van der Waals surface area contributed by atoms with Crippen molar-refractivity contribution < 1.29 is 54.3 Å². The van der Waals surface area contributed by atoms with Crippen molar-refractivity contribution in [2.24, 2.45) is 34.8 Å². The fourth-order valence-corrected chi connectivity index (χ4v) is 3.85. The topological polar surface area (TPSA) is 333 Å². The Kier molecular flexibility index (Phi) is 27.7. The van der Waals surface area contributed by atoms with Gasteiger partial charge >= 0.3 is 29.8 Å². The molecule has 0 saturated carbocycles. The summed E-state index contributed by atoms with van der Waals surface area (Å²) in [5.74, 6) is -4.75. The highest BCUT2D eigenvalue weighted by molar-refractivity contribution is 5.84. The van der Waals surface area contributed by atoms with E-state index < -0.39 is 60.1 Å². The van der Waals surface area contributed by atoms with Gasteiger partial charge in [0.1, 0.15) is 30.2 Å². The molecule has 1 aromatic heterocycles. The molecule has 1 amide bonds. The van der Waals surface area contributed by atoms with Crippen LogP contribution in [-0.2, 0) is 48.0 Å². The molecule has 2 aromatic carbocycles. The molecule has 56 heavy (non-hydrogen) atoms.